The summed E-state index contributed by atoms with van der Waals surface area (Å²) in [7, 11) is 0. The van der Waals surface area contributed by atoms with Gasteiger partial charge in [0.1, 0.15) is 12.2 Å². The summed E-state index contributed by atoms with van der Waals surface area (Å²) in [5.41, 5.74) is 0.606. The lowest BCUT2D eigenvalue weighted by Crippen LogP contribution is -2.46. The molecule has 0 saturated carbocycles. The quantitative estimate of drug-likeness (QED) is 0.278. The van der Waals surface area contributed by atoms with Gasteiger partial charge in [0, 0.05) is 35.0 Å². The van der Waals surface area contributed by atoms with E-state index in [0.29, 0.717) is 41.5 Å². The molecule has 2 aromatic carbocycles. The van der Waals surface area contributed by atoms with Crippen LogP contribution in [0, 0.1) is 5.82 Å². The Morgan fingerprint density at radius 2 is 1.80 bits per heavy atom. The number of carbonyl (C=O) groups excluding carboxylic acids is 3. The predicted molar refractivity (Wildman–Crippen MR) is 135 cm³/mol. The van der Waals surface area contributed by atoms with Gasteiger partial charge in [-0.25, -0.2) is 4.39 Å². The first-order valence-electron chi connectivity index (χ1n) is 11.1. The maximum atomic E-state index is 13.1. The zero-order valence-corrected chi connectivity index (χ0v) is 21.4. The summed E-state index contributed by atoms with van der Waals surface area (Å²) in [4.78, 5) is 39.2. The highest BCUT2D eigenvalue weighted by Gasteiger charge is 2.23. The minimum Gasteiger partial charge on any atom is -0.466 e. The van der Waals surface area contributed by atoms with Crippen molar-refractivity contribution in [1.82, 2.24) is 10.2 Å². The number of carbonyl (C=O) groups is 3. The summed E-state index contributed by atoms with van der Waals surface area (Å²) < 4.78 is 17.9. The molecule has 3 rings (SSSR count). The van der Waals surface area contributed by atoms with E-state index in [1.54, 1.807) is 42.2 Å². The summed E-state index contributed by atoms with van der Waals surface area (Å²) in [6.45, 7) is 2.88. The van der Waals surface area contributed by atoms with Crippen molar-refractivity contribution in [2.75, 3.05) is 19.7 Å². The molecule has 0 spiro atoms. The minimum absolute atomic E-state index is 0.0932. The lowest BCUT2D eigenvalue weighted by atomic mass is 10.0. The number of amides is 2. The number of ether oxygens (including phenoxy) is 1. The molecule has 1 aliphatic heterocycles. The molecule has 0 bridgehead atoms. The van der Waals surface area contributed by atoms with E-state index in [-0.39, 0.29) is 36.7 Å². The lowest BCUT2D eigenvalue weighted by Gasteiger charge is -2.31. The van der Waals surface area contributed by atoms with E-state index in [1.807, 2.05) is 0 Å². The maximum Gasteiger partial charge on any atom is 0.315 e. The zero-order valence-electron chi connectivity index (χ0n) is 19.1. The van der Waals surface area contributed by atoms with Gasteiger partial charge in [-0.1, -0.05) is 41.0 Å². The number of nitrogens with one attached hydrogen (secondary N) is 1. The van der Waals surface area contributed by atoms with Crippen molar-refractivity contribution >= 4 is 58.8 Å². The molecule has 1 aliphatic rings. The summed E-state index contributed by atoms with van der Waals surface area (Å²) >= 11 is 14.2. The molecule has 2 amide bonds. The van der Waals surface area contributed by atoms with Crippen LogP contribution < -0.4 is 5.32 Å². The molecule has 6 nitrogen and oxygen atoms in total. The van der Waals surface area contributed by atoms with Crippen molar-refractivity contribution in [3.63, 3.8) is 0 Å². The Kier molecular flexibility index (Phi) is 10.0. The van der Waals surface area contributed by atoms with Crippen LogP contribution in [0.4, 0.5) is 4.39 Å². The molecule has 0 unspecified atom stereocenters. The summed E-state index contributed by atoms with van der Waals surface area (Å²) in [5.74, 6) is -1.41. The first-order valence-corrected chi connectivity index (χ1v) is 12.7. The van der Waals surface area contributed by atoms with Crippen LogP contribution in [0.25, 0.3) is 6.08 Å². The summed E-state index contributed by atoms with van der Waals surface area (Å²) in [6, 6.07) is 9.55. The smallest absolute Gasteiger partial charge is 0.315 e. The standard InChI is InChI=1S/C25H25Cl2FN2O4S/c1-2-34-23(33)15-21(31)29-18-11-13-30(14-12-18)22(32)10-4-16-3-9-20(25(27)24(16)26)35-19-7-5-17(28)6-8-19/h3-10,18H,2,11-15H2,1H3,(H,29,31)/b10-4+. The van der Waals surface area contributed by atoms with E-state index in [1.165, 1.54) is 30.0 Å². The first-order chi connectivity index (χ1) is 16.8. The molecule has 0 radical (unpaired) electrons. The van der Waals surface area contributed by atoms with Crippen LogP contribution in [-0.4, -0.2) is 48.4 Å². The van der Waals surface area contributed by atoms with E-state index in [2.05, 4.69) is 5.32 Å². The SMILES string of the molecule is CCOC(=O)CC(=O)NC1CCN(C(=O)/C=C/c2ccc(Sc3ccc(F)cc3)c(Cl)c2Cl)CC1. The van der Waals surface area contributed by atoms with Crippen LogP contribution in [-0.2, 0) is 19.1 Å². The van der Waals surface area contributed by atoms with Crippen molar-refractivity contribution in [2.45, 2.75) is 42.0 Å². The number of benzene rings is 2. The molecule has 35 heavy (non-hydrogen) atoms. The molecular weight excluding hydrogens is 514 g/mol. The maximum absolute atomic E-state index is 13.1. The number of piperidine rings is 1. The Morgan fingerprint density at radius 1 is 1.11 bits per heavy atom. The van der Waals surface area contributed by atoms with Gasteiger partial charge in [0.2, 0.25) is 11.8 Å². The second kappa shape index (κ2) is 13.0. The molecule has 1 saturated heterocycles. The van der Waals surface area contributed by atoms with Crippen molar-refractivity contribution in [3.8, 4) is 0 Å². The molecule has 1 heterocycles. The molecule has 10 heteroatoms. The number of esters is 1. The van der Waals surface area contributed by atoms with Crippen LogP contribution in [0.2, 0.25) is 10.0 Å². The largest absolute Gasteiger partial charge is 0.466 e. The van der Waals surface area contributed by atoms with Gasteiger partial charge >= 0.3 is 5.97 Å². The van der Waals surface area contributed by atoms with Gasteiger partial charge in [-0.2, -0.15) is 0 Å². The predicted octanol–water partition coefficient (Wildman–Crippen LogP) is 5.36. The van der Waals surface area contributed by atoms with E-state index < -0.39 is 5.97 Å². The van der Waals surface area contributed by atoms with Gasteiger partial charge in [-0.3, -0.25) is 14.4 Å². The second-order valence-electron chi connectivity index (χ2n) is 7.82. The molecule has 2 aromatic rings. The van der Waals surface area contributed by atoms with E-state index in [4.69, 9.17) is 27.9 Å². The van der Waals surface area contributed by atoms with Crippen LogP contribution in [0.15, 0.2) is 52.3 Å². The van der Waals surface area contributed by atoms with Crippen LogP contribution in [0.1, 0.15) is 31.7 Å². The monoisotopic (exact) mass is 538 g/mol. The van der Waals surface area contributed by atoms with Gasteiger partial charge < -0.3 is 15.0 Å². The van der Waals surface area contributed by atoms with Gasteiger partial charge in [-0.05, 0) is 61.7 Å². The Hall–Kier alpha value is -2.55. The van der Waals surface area contributed by atoms with E-state index in [0.717, 1.165) is 9.79 Å². The summed E-state index contributed by atoms with van der Waals surface area (Å²) in [6.07, 6.45) is 3.95. The molecule has 0 aliphatic carbocycles. The molecule has 186 valence electrons. The molecule has 1 N–H and O–H groups in total. The molecule has 0 atom stereocenters. The highest BCUT2D eigenvalue weighted by molar-refractivity contribution is 7.99. The fourth-order valence-electron chi connectivity index (χ4n) is 3.52. The van der Waals surface area contributed by atoms with Crippen LogP contribution >= 0.6 is 35.0 Å². The van der Waals surface area contributed by atoms with Gasteiger partial charge in [0.25, 0.3) is 0 Å². The lowest BCUT2D eigenvalue weighted by molar-refractivity contribution is -0.146. The third-order valence-electron chi connectivity index (χ3n) is 5.31. The first kappa shape index (κ1) is 27.0. The van der Waals surface area contributed by atoms with Crippen LogP contribution in [0.3, 0.4) is 0 Å². The third-order valence-corrected chi connectivity index (χ3v) is 7.38. The number of likely N-dealkylation sites (tertiary alicyclic amines) is 1. The molecular formula is C25H25Cl2FN2O4S. The molecule has 1 fully saturated rings. The Balaban J connectivity index is 1.52. The number of nitrogens with zero attached hydrogens (tertiary/aromatic N) is 1. The Morgan fingerprint density at radius 3 is 2.46 bits per heavy atom. The van der Waals surface area contributed by atoms with Gasteiger partial charge in [-0.15, -0.1) is 0 Å². The van der Waals surface area contributed by atoms with Crippen LogP contribution in [0.5, 0.6) is 0 Å². The zero-order chi connectivity index (χ0) is 25.4. The number of hydrogen-bond acceptors (Lipinski definition) is 5. The summed E-state index contributed by atoms with van der Waals surface area (Å²) in [5, 5.41) is 3.50. The normalized spacial score (nSPS) is 14.2. The fourth-order valence-corrected chi connectivity index (χ4v) is 4.94. The number of halogens is 3. The highest BCUT2D eigenvalue weighted by Crippen LogP contribution is 2.39. The van der Waals surface area contributed by atoms with Crippen molar-refractivity contribution in [2.24, 2.45) is 0 Å². The van der Waals surface area contributed by atoms with Crippen molar-refractivity contribution < 1.29 is 23.5 Å². The topological polar surface area (TPSA) is 75.7 Å². The highest BCUT2D eigenvalue weighted by atomic mass is 35.5. The molecule has 0 aromatic heterocycles. The van der Waals surface area contributed by atoms with Gasteiger partial charge in [0.05, 0.1) is 16.7 Å². The third kappa shape index (κ3) is 7.98. The second-order valence-corrected chi connectivity index (χ2v) is 9.69. The Labute approximate surface area is 217 Å². The van der Waals surface area contributed by atoms with Crippen molar-refractivity contribution in [1.29, 1.82) is 0 Å². The van der Waals surface area contributed by atoms with Crippen molar-refractivity contribution in [3.05, 3.63) is 63.9 Å². The number of rotatable bonds is 8. The van der Waals surface area contributed by atoms with Gasteiger partial charge in [0.15, 0.2) is 0 Å². The fraction of sp³-hybridized carbons (Fsp3) is 0.320. The average Bonchev–Trinajstić information content (AvgIpc) is 2.83. The minimum atomic E-state index is -0.552. The Bertz CT molecular complexity index is 1100. The average molecular weight is 539 g/mol. The van der Waals surface area contributed by atoms with E-state index >= 15 is 0 Å². The van der Waals surface area contributed by atoms with E-state index in [9.17, 15) is 18.8 Å². The number of hydrogen-bond donors (Lipinski definition) is 1.